The standard InChI is InChI=1S/C27H36N4O3S/c1-3-10-23(21-11-6-5-7-12-21)29-27(32)16-15-26-28-24-20-22(13-14-25(24)31(26)17-4-2)35(33,34)30-18-8-9-19-30/h5-7,11-14,20,23H,3-4,8-10,15-19H2,1-2H3,(H,29,32). The number of carbonyl (C=O) groups is 1. The van der Waals surface area contributed by atoms with Crippen molar-refractivity contribution < 1.29 is 13.2 Å². The molecule has 0 aliphatic carbocycles. The van der Waals surface area contributed by atoms with Crippen LogP contribution in [-0.2, 0) is 27.8 Å². The number of hydrogen-bond donors (Lipinski definition) is 1. The van der Waals surface area contributed by atoms with Crippen LogP contribution in [-0.4, -0.2) is 41.3 Å². The Morgan fingerprint density at radius 3 is 2.49 bits per heavy atom. The second-order valence-electron chi connectivity index (χ2n) is 9.26. The van der Waals surface area contributed by atoms with E-state index in [4.69, 9.17) is 4.98 Å². The van der Waals surface area contributed by atoms with Crippen LogP contribution in [0.2, 0.25) is 0 Å². The Balaban J connectivity index is 1.52. The third-order valence-electron chi connectivity index (χ3n) is 6.64. The number of amides is 1. The van der Waals surface area contributed by atoms with Gasteiger partial charge < -0.3 is 9.88 Å². The molecule has 7 nitrogen and oxygen atoms in total. The van der Waals surface area contributed by atoms with E-state index in [9.17, 15) is 13.2 Å². The van der Waals surface area contributed by atoms with E-state index in [0.29, 0.717) is 36.3 Å². The van der Waals surface area contributed by atoms with Crippen LogP contribution in [0.25, 0.3) is 11.0 Å². The lowest BCUT2D eigenvalue weighted by Crippen LogP contribution is -2.29. The van der Waals surface area contributed by atoms with Gasteiger partial charge in [-0.3, -0.25) is 4.79 Å². The van der Waals surface area contributed by atoms with Crippen molar-refractivity contribution in [3.63, 3.8) is 0 Å². The minimum absolute atomic E-state index is 0.000271. The first-order chi connectivity index (χ1) is 16.9. The summed E-state index contributed by atoms with van der Waals surface area (Å²) in [5.41, 5.74) is 2.70. The molecule has 1 N–H and O–H groups in total. The van der Waals surface area contributed by atoms with Crippen LogP contribution in [0.3, 0.4) is 0 Å². The third-order valence-corrected chi connectivity index (χ3v) is 8.53. The molecule has 3 aromatic rings. The van der Waals surface area contributed by atoms with Gasteiger partial charge in [0.1, 0.15) is 5.82 Å². The number of hydrogen-bond acceptors (Lipinski definition) is 4. The van der Waals surface area contributed by atoms with Gasteiger partial charge in [0, 0.05) is 32.5 Å². The Morgan fingerprint density at radius 1 is 1.06 bits per heavy atom. The number of carbonyl (C=O) groups excluding carboxylic acids is 1. The summed E-state index contributed by atoms with van der Waals surface area (Å²) in [6.07, 6.45) is 5.43. The van der Waals surface area contributed by atoms with Crippen LogP contribution >= 0.6 is 0 Å². The van der Waals surface area contributed by atoms with E-state index in [1.165, 1.54) is 0 Å². The summed E-state index contributed by atoms with van der Waals surface area (Å²) >= 11 is 0. The van der Waals surface area contributed by atoms with Gasteiger partial charge in [-0.15, -0.1) is 0 Å². The van der Waals surface area contributed by atoms with Crippen LogP contribution < -0.4 is 5.32 Å². The summed E-state index contributed by atoms with van der Waals surface area (Å²) in [7, 11) is -3.50. The topological polar surface area (TPSA) is 84.3 Å². The number of benzene rings is 2. The molecule has 0 radical (unpaired) electrons. The molecule has 188 valence electrons. The molecular weight excluding hydrogens is 460 g/mol. The molecule has 2 heterocycles. The first-order valence-corrected chi connectivity index (χ1v) is 14.2. The number of fused-ring (bicyclic) bond motifs is 1. The average Bonchev–Trinajstić information content (AvgIpc) is 3.52. The number of imidazole rings is 1. The van der Waals surface area contributed by atoms with Crippen molar-refractivity contribution in [2.24, 2.45) is 0 Å². The highest BCUT2D eigenvalue weighted by molar-refractivity contribution is 7.89. The fraction of sp³-hybridized carbons (Fsp3) is 0.481. The van der Waals surface area contributed by atoms with E-state index in [2.05, 4.69) is 35.9 Å². The zero-order valence-electron chi connectivity index (χ0n) is 20.7. The highest BCUT2D eigenvalue weighted by atomic mass is 32.2. The summed E-state index contributed by atoms with van der Waals surface area (Å²) in [6.45, 7) is 6.14. The van der Waals surface area contributed by atoms with Gasteiger partial charge in [0.15, 0.2) is 0 Å². The van der Waals surface area contributed by atoms with Crippen LogP contribution in [0.4, 0.5) is 0 Å². The van der Waals surface area contributed by atoms with E-state index in [1.807, 2.05) is 24.3 Å². The van der Waals surface area contributed by atoms with Crippen molar-refractivity contribution in [1.29, 1.82) is 0 Å². The molecule has 1 atom stereocenters. The second-order valence-corrected chi connectivity index (χ2v) is 11.2. The fourth-order valence-corrected chi connectivity index (χ4v) is 6.39. The Kier molecular flexibility index (Phi) is 8.23. The maximum Gasteiger partial charge on any atom is 0.243 e. The number of nitrogens with one attached hydrogen (secondary N) is 1. The molecule has 8 heteroatoms. The molecule has 1 aliphatic heterocycles. The lowest BCUT2D eigenvalue weighted by molar-refractivity contribution is -0.121. The first-order valence-electron chi connectivity index (χ1n) is 12.8. The highest BCUT2D eigenvalue weighted by Gasteiger charge is 2.28. The van der Waals surface area contributed by atoms with Crippen molar-refractivity contribution >= 4 is 27.0 Å². The van der Waals surface area contributed by atoms with Gasteiger partial charge in [-0.25, -0.2) is 13.4 Å². The van der Waals surface area contributed by atoms with Gasteiger partial charge in [-0.2, -0.15) is 4.31 Å². The van der Waals surface area contributed by atoms with Crippen molar-refractivity contribution in [3.8, 4) is 0 Å². The second kappa shape index (κ2) is 11.4. The molecule has 1 aliphatic rings. The van der Waals surface area contributed by atoms with E-state index in [-0.39, 0.29) is 11.9 Å². The summed E-state index contributed by atoms with van der Waals surface area (Å²) in [5, 5.41) is 3.19. The number of rotatable bonds is 11. The zero-order chi connectivity index (χ0) is 24.8. The van der Waals surface area contributed by atoms with Gasteiger partial charge in [0.05, 0.1) is 22.0 Å². The normalized spacial score (nSPS) is 15.5. The Hall–Kier alpha value is -2.71. The Bertz CT molecular complexity index is 1250. The molecule has 1 amide bonds. The lowest BCUT2D eigenvalue weighted by atomic mass is 10.0. The summed E-state index contributed by atoms with van der Waals surface area (Å²) in [5.74, 6) is 0.819. The minimum atomic E-state index is -3.50. The number of nitrogens with zero attached hydrogens (tertiary/aromatic N) is 3. The molecule has 1 aromatic heterocycles. The van der Waals surface area contributed by atoms with E-state index in [1.54, 1.807) is 16.4 Å². The quantitative estimate of drug-likeness (QED) is 0.412. The van der Waals surface area contributed by atoms with Crippen molar-refractivity contribution in [2.75, 3.05) is 13.1 Å². The minimum Gasteiger partial charge on any atom is -0.349 e. The SMILES string of the molecule is CCCC(NC(=O)CCc1nc2cc(S(=O)(=O)N3CCCC3)ccc2n1CCC)c1ccccc1. The van der Waals surface area contributed by atoms with Crippen molar-refractivity contribution in [3.05, 3.63) is 59.9 Å². The number of sulfonamides is 1. The molecule has 35 heavy (non-hydrogen) atoms. The Morgan fingerprint density at radius 2 is 1.80 bits per heavy atom. The van der Waals surface area contributed by atoms with E-state index < -0.39 is 10.0 Å². The fourth-order valence-electron chi connectivity index (χ4n) is 4.85. The van der Waals surface area contributed by atoms with Gasteiger partial charge in [0.2, 0.25) is 15.9 Å². The van der Waals surface area contributed by atoms with Crippen LogP contribution in [0, 0.1) is 0 Å². The predicted octanol–water partition coefficient (Wildman–Crippen LogP) is 4.82. The average molecular weight is 497 g/mol. The molecule has 1 fully saturated rings. The largest absolute Gasteiger partial charge is 0.349 e. The zero-order valence-corrected chi connectivity index (χ0v) is 21.6. The third kappa shape index (κ3) is 5.76. The van der Waals surface area contributed by atoms with Crippen LogP contribution in [0.15, 0.2) is 53.4 Å². The molecule has 0 bridgehead atoms. The maximum absolute atomic E-state index is 13.0. The van der Waals surface area contributed by atoms with Crippen LogP contribution in [0.5, 0.6) is 0 Å². The van der Waals surface area contributed by atoms with Crippen molar-refractivity contribution in [2.45, 2.75) is 76.3 Å². The highest BCUT2D eigenvalue weighted by Crippen LogP contribution is 2.26. The van der Waals surface area contributed by atoms with Crippen molar-refractivity contribution in [1.82, 2.24) is 19.2 Å². The molecule has 2 aromatic carbocycles. The monoisotopic (exact) mass is 496 g/mol. The van der Waals surface area contributed by atoms with Gasteiger partial charge in [0.25, 0.3) is 0 Å². The van der Waals surface area contributed by atoms with Gasteiger partial charge in [-0.05, 0) is 49.4 Å². The molecule has 1 unspecified atom stereocenters. The number of aryl methyl sites for hydroxylation is 2. The summed E-state index contributed by atoms with van der Waals surface area (Å²) in [6, 6.07) is 15.3. The first kappa shape index (κ1) is 25.4. The molecular formula is C27H36N4O3S. The molecule has 4 rings (SSSR count). The van der Waals surface area contributed by atoms with Gasteiger partial charge >= 0.3 is 0 Å². The smallest absolute Gasteiger partial charge is 0.243 e. The van der Waals surface area contributed by atoms with Crippen LogP contribution in [0.1, 0.15) is 69.8 Å². The molecule has 0 spiro atoms. The Labute approximate surface area is 208 Å². The van der Waals surface area contributed by atoms with E-state index in [0.717, 1.165) is 55.6 Å². The van der Waals surface area contributed by atoms with Gasteiger partial charge in [-0.1, -0.05) is 50.6 Å². The molecule has 0 saturated carbocycles. The predicted molar refractivity (Wildman–Crippen MR) is 139 cm³/mol. The lowest BCUT2D eigenvalue weighted by Gasteiger charge is -2.18. The maximum atomic E-state index is 13.0. The number of aromatic nitrogens is 2. The molecule has 1 saturated heterocycles. The summed E-state index contributed by atoms with van der Waals surface area (Å²) in [4.78, 5) is 17.9. The summed E-state index contributed by atoms with van der Waals surface area (Å²) < 4.78 is 29.7. The van der Waals surface area contributed by atoms with E-state index >= 15 is 0 Å².